The Bertz CT molecular complexity index is 855. The molecule has 2 aromatic rings. The molecule has 1 N–H and O–H groups in total. The van der Waals surface area contributed by atoms with Crippen molar-refractivity contribution in [1.82, 2.24) is 14.8 Å². The van der Waals surface area contributed by atoms with Crippen LogP contribution in [0.3, 0.4) is 0 Å². The predicted octanol–water partition coefficient (Wildman–Crippen LogP) is 3.27. The van der Waals surface area contributed by atoms with Gasteiger partial charge in [0.05, 0.1) is 18.4 Å². The molecule has 2 heterocycles. The summed E-state index contributed by atoms with van der Waals surface area (Å²) in [5, 5.41) is 12.4. The summed E-state index contributed by atoms with van der Waals surface area (Å²) in [6, 6.07) is 6.91. The third-order valence-corrected chi connectivity index (χ3v) is 5.97. The lowest BCUT2D eigenvalue weighted by Gasteiger charge is -2.14. The number of benzene rings is 1. The van der Waals surface area contributed by atoms with E-state index >= 15 is 0 Å². The van der Waals surface area contributed by atoms with Gasteiger partial charge in [0, 0.05) is 23.8 Å². The molecular formula is C20H24N4O3S. The lowest BCUT2D eigenvalue weighted by Crippen LogP contribution is -2.19. The van der Waals surface area contributed by atoms with Gasteiger partial charge in [-0.2, -0.15) is 0 Å². The first-order chi connectivity index (χ1) is 13.6. The summed E-state index contributed by atoms with van der Waals surface area (Å²) in [6.07, 6.45) is 4.68. The number of anilines is 1. The predicted molar refractivity (Wildman–Crippen MR) is 107 cm³/mol. The number of carbonyl (C=O) groups is 2. The van der Waals surface area contributed by atoms with E-state index in [9.17, 15) is 9.59 Å². The Morgan fingerprint density at radius 3 is 2.64 bits per heavy atom. The molecule has 1 aliphatic carbocycles. The van der Waals surface area contributed by atoms with Crippen molar-refractivity contribution >= 4 is 29.1 Å². The van der Waals surface area contributed by atoms with Crippen LogP contribution in [0.5, 0.6) is 0 Å². The number of carbonyl (C=O) groups excluding carboxylic acids is 2. The van der Waals surface area contributed by atoms with Crippen molar-refractivity contribution in [2.24, 2.45) is 0 Å². The van der Waals surface area contributed by atoms with Gasteiger partial charge < -0.3 is 14.6 Å². The van der Waals surface area contributed by atoms with Crippen LogP contribution in [0.25, 0.3) is 0 Å². The van der Waals surface area contributed by atoms with E-state index in [1.807, 2.05) is 0 Å². The van der Waals surface area contributed by atoms with Crippen molar-refractivity contribution in [2.75, 3.05) is 17.7 Å². The molecule has 0 bridgehead atoms. The van der Waals surface area contributed by atoms with Crippen molar-refractivity contribution in [1.29, 1.82) is 0 Å². The van der Waals surface area contributed by atoms with Gasteiger partial charge in [-0.15, -0.1) is 10.2 Å². The van der Waals surface area contributed by atoms with Crippen LogP contribution in [-0.4, -0.2) is 44.9 Å². The topological polar surface area (TPSA) is 86.1 Å². The second-order valence-electron chi connectivity index (χ2n) is 7.33. The van der Waals surface area contributed by atoms with Crippen LogP contribution in [0.4, 0.5) is 5.69 Å². The first-order valence-corrected chi connectivity index (χ1v) is 10.7. The maximum absolute atomic E-state index is 12.3. The van der Waals surface area contributed by atoms with Crippen LogP contribution in [-0.2, 0) is 16.1 Å². The Morgan fingerprint density at radius 1 is 1.21 bits per heavy atom. The Kier molecular flexibility index (Phi) is 5.77. The molecule has 1 saturated heterocycles. The lowest BCUT2D eigenvalue weighted by atomic mass is 10.1. The van der Waals surface area contributed by atoms with Gasteiger partial charge in [0.15, 0.2) is 10.9 Å². The Hall–Kier alpha value is -2.19. The molecule has 7 nitrogen and oxygen atoms in total. The number of amides is 1. The zero-order chi connectivity index (χ0) is 19.5. The minimum Gasteiger partial charge on any atom is -0.376 e. The number of nitrogens with zero attached hydrogens (tertiary/aromatic N) is 3. The molecule has 0 radical (unpaired) electrons. The maximum atomic E-state index is 12.3. The molecule has 8 heteroatoms. The van der Waals surface area contributed by atoms with Crippen molar-refractivity contribution in [3.8, 4) is 0 Å². The van der Waals surface area contributed by atoms with Gasteiger partial charge in [0.1, 0.15) is 5.82 Å². The number of hydrogen-bond donors (Lipinski definition) is 1. The standard InChI is InChI=1S/C20H24N4O3S/c1-13(25)14-6-8-16(9-7-14)21-18(26)12-28-20-23-22-19(15-4-5-15)24(20)11-17-3-2-10-27-17/h6-9,15,17H,2-5,10-12H2,1H3,(H,21,26). The average molecular weight is 401 g/mol. The van der Waals surface area contributed by atoms with E-state index in [-0.39, 0.29) is 23.5 Å². The van der Waals surface area contributed by atoms with E-state index in [2.05, 4.69) is 20.1 Å². The number of aromatic nitrogens is 3. The molecule has 1 aliphatic heterocycles. The number of thioether (sulfide) groups is 1. The number of hydrogen-bond acceptors (Lipinski definition) is 6. The minimum absolute atomic E-state index is 0.00507. The molecule has 28 heavy (non-hydrogen) atoms. The number of ether oxygens (including phenoxy) is 1. The van der Waals surface area contributed by atoms with Crippen molar-refractivity contribution in [2.45, 2.75) is 56.3 Å². The molecule has 1 aromatic heterocycles. The third-order valence-electron chi connectivity index (χ3n) is 5.01. The van der Waals surface area contributed by atoms with Crippen molar-refractivity contribution < 1.29 is 14.3 Å². The fourth-order valence-electron chi connectivity index (χ4n) is 3.33. The van der Waals surface area contributed by atoms with E-state index in [1.54, 1.807) is 24.3 Å². The van der Waals surface area contributed by atoms with E-state index in [4.69, 9.17) is 4.74 Å². The summed E-state index contributed by atoms with van der Waals surface area (Å²) in [5.74, 6) is 1.67. The fraction of sp³-hybridized carbons (Fsp3) is 0.500. The molecule has 1 saturated carbocycles. The van der Waals surface area contributed by atoms with Gasteiger partial charge in [0.25, 0.3) is 0 Å². The molecule has 4 rings (SSSR count). The molecule has 0 spiro atoms. The van der Waals surface area contributed by atoms with Gasteiger partial charge in [-0.05, 0) is 56.9 Å². The highest BCUT2D eigenvalue weighted by molar-refractivity contribution is 7.99. The normalized spacial score (nSPS) is 19.0. The first kappa shape index (κ1) is 19.1. The van der Waals surface area contributed by atoms with Gasteiger partial charge in [-0.3, -0.25) is 9.59 Å². The zero-order valence-electron chi connectivity index (χ0n) is 15.9. The van der Waals surface area contributed by atoms with Crippen LogP contribution < -0.4 is 5.32 Å². The second kappa shape index (κ2) is 8.45. The summed E-state index contributed by atoms with van der Waals surface area (Å²) in [5.41, 5.74) is 1.30. The van der Waals surface area contributed by atoms with Crippen LogP contribution in [0.1, 0.15) is 54.7 Å². The van der Waals surface area contributed by atoms with Gasteiger partial charge >= 0.3 is 0 Å². The van der Waals surface area contributed by atoms with Crippen LogP contribution in [0.2, 0.25) is 0 Å². The monoisotopic (exact) mass is 400 g/mol. The lowest BCUT2D eigenvalue weighted by molar-refractivity contribution is -0.113. The number of nitrogens with one attached hydrogen (secondary N) is 1. The summed E-state index contributed by atoms with van der Waals surface area (Å²) < 4.78 is 7.92. The Morgan fingerprint density at radius 2 is 2.00 bits per heavy atom. The summed E-state index contributed by atoms with van der Waals surface area (Å²) in [4.78, 5) is 23.7. The quantitative estimate of drug-likeness (QED) is 0.541. The Balaban J connectivity index is 1.37. The van der Waals surface area contributed by atoms with Gasteiger partial charge in [0.2, 0.25) is 5.91 Å². The molecule has 1 unspecified atom stereocenters. The smallest absolute Gasteiger partial charge is 0.234 e. The molecule has 1 aromatic carbocycles. The van der Waals surface area contributed by atoms with Crippen molar-refractivity contribution in [3.05, 3.63) is 35.7 Å². The van der Waals surface area contributed by atoms with Gasteiger partial charge in [-0.1, -0.05) is 11.8 Å². The highest BCUT2D eigenvalue weighted by atomic mass is 32.2. The second-order valence-corrected chi connectivity index (χ2v) is 8.27. The summed E-state index contributed by atoms with van der Waals surface area (Å²) in [6.45, 7) is 3.10. The first-order valence-electron chi connectivity index (χ1n) is 9.68. The number of Topliss-reactive ketones (excluding diaryl/α,β-unsaturated/α-hetero) is 1. The molecule has 1 amide bonds. The van der Waals surface area contributed by atoms with E-state index in [0.29, 0.717) is 17.2 Å². The average Bonchev–Trinajstić information content (AvgIpc) is 3.24. The SMILES string of the molecule is CC(=O)c1ccc(NC(=O)CSc2nnc(C3CC3)n2CC2CCCO2)cc1. The largest absolute Gasteiger partial charge is 0.376 e. The molecule has 1 atom stereocenters. The number of ketones is 1. The molecule has 2 aliphatic rings. The van der Waals surface area contributed by atoms with Crippen LogP contribution >= 0.6 is 11.8 Å². The summed E-state index contributed by atoms with van der Waals surface area (Å²) >= 11 is 1.40. The Labute approximate surface area is 168 Å². The summed E-state index contributed by atoms with van der Waals surface area (Å²) in [7, 11) is 0. The highest BCUT2D eigenvalue weighted by Crippen LogP contribution is 2.40. The highest BCUT2D eigenvalue weighted by Gasteiger charge is 2.32. The van der Waals surface area contributed by atoms with Crippen LogP contribution in [0, 0.1) is 0 Å². The van der Waals surface area contributed by atoms with Gasteiger partial charge in [-0.25, -0.2) is 0 Å². The minimum atomic E-state index is -0.111. The molecule has 2 fully saturated rings. The van der Waals surface area contributed by atoms with Crippen molar-refractivity contribution in [3.63, 3.8) is 0 Å². The molecular weight excluding hydrogens is 376 g/mol. The van der Waals surface area contributed by atoms with E-state index < -0.39 is 0 Å². The number of rotatable bonds is 8. The van der Waals surface area contributed by atoms with Crippen LogP contribution in [0.15, 0.2) is 29.4 Å². The van der Waals surface area contributed by atoms with E-state index in [0.717, 1.165) is 49.8 Å². The molecule has 148 valence electrons. The zero-order valence-corrected chi connectivity index (χ0v) is 16.7. The maximum Gasteiger partial charge on any atom is 0.234 e. The third kappa shape index (κ3) is 4.62. The fourth-order valence-corrected chi connectivity index (χ4v) is 4.08. The van der Waals surface area contributed by atoms with E-state index in [1.165, 1.54) is 18.7 Å².